The van der Waals surface area contributed by atoms with Crippen molar-refractivity contribution in [3.63, 3.8) is 0 Å². The number of aliphatic hydroxyl groups is 1. The zero-order chi connectivity index (χ0) is 19.7. The molecule has 1 fully saturated rings. The van der Waals surface area contributed by atoms with Crippen LogP contribution in [0, 0.1) is 0 Å². The van der Waals surface area contributed by atoms with Crippen LogP contribution in [0.2, 0.25) is 0 Å². The van der Waals surface area contributed by atoms with Crippen molar-refractivity contribution in [3.8, 4) is 0 Å². The second-order valence-corrected chi connectivity index (χ2v) is 7.22. The molecule has 3 N–H and O–H groups in total. The molecule has 2 heterocycles. The maximum absolute atomic E-state index is 12.8. The summed E-state index contributed by atoms with van der Waals surface area (Å²) in [5, 5.41) is 15.5. The van der Waals surface area contributed by atoms with E-state index in [1.165, 1.54) is 4.90 Å². The summed E-state index contributed by atoms with van der Waals surface area (Å²) in [4.78, 5) is 49.6. The van der Waals surface area contributed by atoms with Gasteiger partial charge in [-0.15, -0.1) is 0 Å². The first kappa shape index (κ1) is 19.0. The van der Waals surface area contributed by atoms with E-state index in [9.17, 15) is 24.3 Å². The maximum atomic E-state index is 12.8. The van der Waals surface area contributed by atoms with Crippen LogP contribution in [0.1, 0.15) is 60.7 Å². The van der Waals surface area contributed by atoms with Crippen LogP contribution < -0.4 is 10.6 Å². The molecule has 2 aliphatic heterocycles. The van der Waals surface area contributed by atoms with Crippen molar-refractivity contribution in [2.75, 3.05) is 0 Å². The Labute approximate surface area is 156 Å². The second-order valence-electron chi connectivity index (χ2n) is 7.22. The molecule has 2 aliphatic rings. The molecule has 1 saturated heterocycles. The van der Waals surface area contributed by atoms with E-state index < -0.39 is 18.1 Å². The normalized spacial score (nSPS) is 20.5. The molecular formula is C19H23N3O5. The molecule has 2 atom stereocenters. The highest BCUT2D eigenvalue weighted by Crippen LogP contribution is 2.33. The Balaban J connectivity index is 1.80. The Kier molecular flexibility index (Phi) is 5.27. The Morgan fingerprint density at radius 1 is 1.33 bits per heavy atom. The van der Waals surface area contributed by atoms with Gasteiger partial charge in [0.1, 0.15) is 6.04 Å². The number of piperidine rings is 1. The molecular weight excluding hydrogens is 350 g/mol. The molecule has 3 rings (SSSR count). The summed E-state index contributed by atoms with van der Waals surface area (Å²) in [5.74, 6) is -1.40. The molecule has 1 aromatic carbocycles. The number of benzene rings is 1. The lowest BCUT2D eigenvalue weighted by Gasteiger charge is -2.29. The van der Waals surface area contributed by atoms with Gasteiger partial charge in [0, 0.05) is 24.6 Å². The van der Waals surface area contributed by atoms with Crippen molar-refractivity contribution >= 4 is 23.6 Å². The zero-order valence-corrected chi connectivity index (χ0v) is 15.3. The molecule has 8 heteroatoms. The number of hydrogen-bond acceptors (Lipinski definition) is 5. The lowest BCUT2D eigenvalue weighted by Crippen LogP contribution is -2.52. The quantitative estimate of drug-likeness (QED) is 0.646. The van der Waals surface area contributed by atoms with E-state index in [4.69, 9.17) is 0 Å². The number of rotatable bonds is 5. The van der Waals surface area contributed by atoms with Gasteiger partial charge < -0.3 is 15.3 Å². The molecule has 0 saturated carbocycles. The summed E-state index contributed by atoms with van der Waals surface area (Å²) >= 11 is 0. The lowest BCUT2D eigenvalue weighted by molar-refractivity contribution is -0.137. The Hall–Kier alpha value is -2.74. The molecule has 0 aliphatic carbocycles. The highest BCUT2D eigenvalue weighted by atomic mass is 16.3. The topological polar surface area (TPSA) is 116 Å². The number of carbonyl (C=O) groups is 4. The van der Waals surface area contributed by atoms with Gasteiger partial charge in [-0.1, -0.05) is 12.1 Å². The zero-order valence-electron chi connectivity index (χ0n) is 15.3. The first-order chi connectivity index (χ1) is 12.8. The van der Waals surface area contributed by atoms with E-state index in [-0.39, 0.29) is 49.6 Å². The van der Waals surface area contributed by atoms with Gasteiger partial charge in [0.25, 0.3) is 5.91 Å². The highest BCUT2D eigenvalue weighted by Gasteiger charge is 2.40. The van der Waals surface area contributed by atoms with Gasteiger partial charge in [0.15, 0.2) is 0 Å². The third kappa shape index (κ3) is 3.85. The maximum Gasteiger partial charge on any atom is 0.255 e. The molecule has 2 unspecified atom stereocenters. The standard InChI is InChI=1S/C19H23N3O5/c1-10(2)20-17(25)8-15(23)11-4-3-5-12-13(11)9-22(19(12)27)14-6-7-16(24)21-18(14)26/h3-5,10,14-15,23H,6-9H2,1-2H3,(H,20,25)(H,21,24,26). The first-order valence-electron chi connectivity index (χ1n) is 9.01. The number of carbonyl (C=O) groups excluding carboxylic acids is 4. The SMILES string of the molecule is CC(C)NC(=O)CC(O)c1cccc2c1CN(C1CCC(=O)NC1=O)C2=O. The van der Waals surface area contributed by atoms with Crippen molar-refractivity contribution < 1.29 is 24.3 Å². The first-order valence-corrected chi connectivity index (χ1v) is 9.01. The molecule has 0 radical (unpaired) electrons. The lowest BCUT2D eigenvalue weighted by atomic mass is 9.97. The predicted octanol–water partition coefficient (Wildman–Crippen LogP) is 0.396. The van der Waals surface area contributed by atoms with Gasteiger partial charge in [-0.3, -0.25) is 24.5 Å². The van der Waals surface area contributed by atoms with Crippen LogP contribution in [0.3, 0.4) is 0 Å². The van der Waals surface area contributed by atoms with E-state index in [0.717, 1.165) is 0 Å². The monoisotopic (exact) mass is 373 g/mol. The van der Waals surface area contributed by atoms with E-state index in [2.05, 4.69) is 10.6 Å². The smallest absolute Gasteiger partial charge is 0.255 e. The predicted molar refractivity (Wildman–Crippen MR) is 95.3 cm³/mol. The number of hydrogen-bond donors (Lipinski definition) is 3. The summed E-state index contributed by atoms with van der Waals surface area (Å²) in [5.41, 5.74) is 1.55. The number of amides is 4. The van der Waals surface area contributed by atoms with Crippen LogP contribution >= 0.6 is 0 Å². The van der Waals surface area contributed by atoms with E-state index in [0.29, 0.717) is 16.7 Å². The number of fused-ring (bicyclic) bond motifs is 1. The summed E-state index contributed by atoms with van der Waals surface area (Å²) < 4.78 is 0. The minimum absolute atomic E-state index is 0.0317. The average Bonchev–Trinajstić information content (AvgIpc) is 2.91. The van der Waals surface area contributed by atoms with Crippen molar-refractivity contribution in [1.82, 2.24) is 15.5 Å². The minimum atomic E-state index is -1.05. The summed E-state index contributed by atoms with van der Waals surface area (Å²) in [6.45, 7) is 3.83. The number of nitrogens with one attached hydrogen (secondary N) is 2. The summed E-state index contributed by atoms with van der Waals surface area (Å²) in [7, 11) is 0. The summed E-state index contributed by atoms with van der Waals surface area (Å²) in [6, 6.07) is 4.25. The third-order valence-electron chi connectivity index (χ3n) is 4.81. The van der Waals surface area contributed by atoms with Crippen molar-refractivity contribution in [1.29, 1.82) is 0 Å². The van der Waals surface area contributed by atoms with Gasteiger partial charge in [0.2, 0.25) is 17.7 Å². The molecule has 27 heavy (non-hydrogen) atoms. The van der Waals surface area contributed by atoms with Gasteiger partial charge in [0.05, 0.1) is 12.5 Å². The van der Waals surface area contributed by atoms with Gasteiger partial charge in [-0.05, 0) is 37.5 Å². The van der Waals surface area contributed by atoms with Crippen LogP contribution in [0.4, 0.5) is 0 Å². The number of imide groups is 1. The van der Waals surface area contributed by atoms with Crippen molar-refractivity contribution in [2.45, 2.75) is 57.8 Å². The molecule has 144 valence electrons. The minimum Gasteiger partial charge on any atom is -0.388 e. The van der Waals surface area contributed by atoms with Crippen molar-refractivity contribution in [2.24, 2.45) is 0 Å². The van der Waals surface area contributed by atoms with Gasteiger partial charge in [-0.2, -0.15) is 0 Å². The average molecular weight is 373 g/mol. The van der Waals surface area contributed by atoms with Crippen LogP contribution in [-0.4, -0.2) is 45.7 Å². The van der Waals surface area contributed by atoms with E-state index in [1.54, 1.807) is 18.2 Å². The van der Waals surface area contributed by atoms with Crippen molar-refractivity contribution in [3.05, 3.63) is 34.9 Å². The second kappa shape index (κ2) is 7.48. The molecule has 1 aromatic rings. The molecule has 0 aromatic heterocycles. The highest BCUT2D eigenvalue weighted by molar-refractivity contribution is 6.05. The fourth-order valence-corrected chi connectivity index (χ4v) is 3.59. The van der Waals surface area contributed by atoms with Gasteiger partial charge >= 0.3 is 0 Å². The molecule has 8 nitrogen and oxygen atoms in total. The fraction of sp³-hybridized carbons (Fsp3) is 0.474. The van der Waals surface area contributed by atoms with E-state index in [1.807, 2.05) is 13.8 Å². The van der Waals surface area contributed by atoms with Crippen LogP contribution in [-0.2, 0) is 20.9 Å². The Morgan fingerprint density at radius 2 is 2.07 bits per heavy atom. The largest absolute Gasteiger partial charge is 0.388 e. The third-order valence-corrected chi connectivity index (χ3v) is 4.81. The van der Waals surface area contributed by atoms with Gasteiger partial charge in [-0.25, -0.2) is 0 Å². The van der Waals surface area contributed by atoms with Crippen LogP contribution in [0.15, 0.2) is 18.2 Å². The fourth-order valence-electron chi connectivity index (χ4n) is 3.59. The number of nitrogens with zero attached hydrogens (tertiary/aromatic N) is 1. The van der Waals surface area contributed by atoms with Crippen LogP contribution in [0.5, 0.6) is 0 Å². The molecule has 0 bridgehead atoms. The molecule has 4 amide bonds. The van der Waals surface area contributed by atoms with Crippen LogP contribution in [0.25, 0.3) is 0 Å². The molecule has 0 spiro atoms. The number of aliphatic hydroxyl groups excluding tert-OH is 1. The van der Waals surface area contributed by atoms with E-state index >= 15 is 0 Å². The Bertz CT molecular complexity index is 805. The Morgan fingerprint density at radius 3 is 2.74 bits per heavy atom. The summed E-state index contributed by atoms with van der Waals surface area (Å²) in [6.07, 6.45) is -0.699.